The van der Waals surface area contributed by atoms with Gasteiger partial charge in [0.05, 0.1) is 41.6 Å². The molecule has 5 aromatic rings. The average Bonchev–Trinajstić information content (AvgIpc) is 3.41. The highest BCUT2D eigenvalue weighted by Crippen LogP contribution is 2.30. The topological polar surface area (TPSA) is 125 Å². The maximum absolute atomic E-state index is 13.5. The highest BCUT2D eigenvalue weighted by Gasteiger charge is 2.24. The Labute approximate surface area is 225 Å². The number of ether oxygens (including phenoxy) is 2. The molecule has 0 atom stereocenters. The summed E-state index contributed by atoms with van der Waals surface area (Å²) in [5.74, 6) is -0.0137. The molecule has 0 saturated carbocycles. The van der Waals surface area contributed by atoms with Crippen molar-refractivity contribution >= 4 is 32.5 Å². The van der Waals surface area contributed by atoms with Crippen LogP contribution in [0.2, 0.25) is 0 Å². The molecule has 0 aliphatic carbocycles. The minimum absolute atomic E-state index is 0.0561. The zero-order valence-corrected chi connectivity index (χ0v) is 22.1. The van der Waals surface area contributed by atoms with Crippen molar-refractivity contribution in [1.29, 1.82) is 0 Å². The van der Waals surface area contributed by atoms with Gasteiger partial charge in [-0.2, -0.15) is 5.10 Å². The molecule has 0 unspecified atom stereocenters. The van der Waals surface area contributed by atoms with Crippen LogP contribution in [0.15, 0.2) is 95.2 Å². The third kappa shape index (κ3) is 5.04. The zero-order chi connectivity index (χ0) is 27.4. The number of esters is 1. The van der Waals surface area contributed by atoms with Crippen LogP contribution in [-0.2, 0) is 21.1 Å². The van der Waals surface area contributed by atoms with Crippen molar-refractivity contribution in [2.45, 2.75) is 23.4 Å². The van der Waals surface area contributed by atoms with Gasteiger partial charge in [-0.1, -0.05) is 24.3 Å². The first-order valence-corrected chi connectivity index (χ1v) is 13.6. The van der Waals surface area contributed by atoms with Gasteiger partial charge in [-0.3, -0.25) is 0 Å². The molecular formula is C28H25N5O5S. The Bertz CT molecular complexity index is 1740. The first-order valence-electron chi connectivity index (χ1n) is 12.1. The number of nitrogens with one attached hydrogen (secondary N) is 1. The first kappa shape index (κ1) is 25.9. The zero-order valence-electron chi connectivity index (χ0n) is 21.2. The summed E-state index contributed by atoms with van der Waals surface area (Å²) in [4.78, 5) is 21.6. The second-order valence-corrected chi connectivity index (χ2v) is 10.3. The van der Waals surface area contributed by atoms with E-state index in [0.717, 1.165) is 5.69 Å². The van der Waals surface area contributed by atoms with E-state index in [9.17, 15) is 13.2 Å². The van der Waals surface area contributed by atoms with Gasteiger partial charge in [-0.25, -0.2) is 27.9 Å². The van der Waals surface area contributed by atoms with Gasteiger partial charge >= 0.3 is 5.97 Å². The average molecular weight is 544 g/mol. The quantitative estimate of drug-likeness (QED) is 0.269. The molecule has 0 radical (unpaired) electrons. The molecule has 5 rings (SSSR count). The molecule has 11 heteroatoms. The maximum atomic E-state index is 13.5. The fraction of sp³-hybridized carbons (Fsp3) is 0.143. The monoisotopic (exact) mass is 543 g/mol. The van der Waals surface area contributed by atoms with E-state index in [1.807, 2.05) is 30.3 Å². The fourth-order valence-corrected chi connectivity index (χ4v) is 5.54. The van der Waals surface area contributed by atoms with E-state index in [2.05, 4.69) is 20.4 Å². The summed E-state index contributed by atoms with van der Waals surface area (Å²) in [6.07, 6.45) is 4.47. The molecule has 3 aromatic heterocycles. The molecular weight excluding hydrogens is 518 g/mol. The number of para-hydroxylation sites is 1. The Kier molecular flexibility index (Phi) is 7.24. The van der Waals surface area contributed by atoms with Gasteiger partial charge in [0.2, 0.25) is 9.84 Å². The smallest absolute Gasteiger partial charge is 0.341 e. The van der Waals surface area contributed by atoms with E-state index in [0.29, 0.717) is 28.0 Å². The van der Waals surface area contributed by atoms with Gasteiger partial charge in [-0.05, 0) is 49.4 Å². The molecule has 0 saturated heterocycles. The van der Waals surface area contributed by atoms with Crippen LogP contribution in [-0.4, -0.2) is 47.9 Å². The first-order chi connectivity index (χ1) is 18.9. The van der Waals surface area contributed by atoms with Crippen LogP contribution in [0.5, 0.6) is 5.75 Å². The molecule has 0 bridgehead atoms. The minimum atomic E-state index is -3.94. The van der Waals surface area contributed by atoms with Crippen molar-refractivity contribution in [3.05, 3.63) is 96.4 Å². The Hall–Kier alpha value is -4.77. The number of sulfone groups is 1. The molecule has 0 amide bonds. The van der Waals surface area contributed by atoms with Crippen molar-refractivity contribution < 1.29 is 22.7 Å². The summed E-state index contributed by atoms with van der Waals surface area (Å²) in [6.45, 7) is 1.96. The largest absolute Gasteiger partial charge is 0.497 e. The van der Waals surface area contributed by atoms with Crippen molar-refractivity contribution in [2.75, 3.05) is 19.0 Å². The second kappa shape index (κ2) is 10.9. The number of fused-ring (bicyclic) bond motifs is 1. The van der Waals surface area contributed by atoms with Crippen LogP contribution in [0.25, 0.3) is 16.7 Å². The molecule has 0 spiro atoms. The Morgan fingerprint density at radius 3 is 2.46 bits per heavy atom. The third-order valence-corrected chi connectivity index (χ3v) is 7.79. The predicted molar refractivity (Wildman–Crippen MR) is 145 cm³/mol. The summed E-state index contributed by atoms with van der Waals surface area (Å²) in [5, 5.41) is 8.21. The minimum Gasteiger partial charge on any atom is -0.497 e. The summed E-state index contributed by atoms with van der Waals surface area (Å²) in [7, 11) is -2.43. The molecule has 198 valence electrons. The number of nitrogens with zero attached hydrogens (tertiary/aromatic N) is 4. The van der Waals surface area contributed by atoms with Crippen LogP contribution in [0, 0.1) is 0 Å². The van der Waals surface area contributed by atoms with E-state index >= 15 is 0 Å². The Morgan fingerprint density at radius 2 is 1.74 bits per heavy atom. The van der Waals surface area contributed by atoms with Crippen molar-refractivity contribution in [3.63, 3.8) is 0 Å². The highest BCUT2D eigenvalue weighted by atomic mass is 32.2. The summed E-state index contributed by atoms with van der Waals surface area (Å²) in [6, 6.07) is 18.9. The molecule has 0 aliphatic rings. The maximum Gasteiger partial charge on any atom is 0.341 e. The predicted octanol–water partition coefficient (Wildman–Crippen LogP) is 4.45. The van der Waals surface area contributed by atoms with Crippen LogP contribution >= 0.6 is 0 Å². The molecule has 2 aromatic carbocycles. The van der Waals surface area contributed by atoms with Crippen molar-refractivity contribution in [3.8, 4) is 11.4 Å². The van der Waals surface area contributed by atoms with Gasteiger partial charge in [-0.15, -0.1) is 0 Å². The molecule has 0 aliphatic heterocycles. The molecule has 0 fully saturated rings. The summed E-state index contributed by atoms with van der Waals surface area (Å²) >= 11 is 0. The summed E-state index contributed by atoms with van der Waals surface area (Å²) in [5.41, 5.74) is 2.38. The number of rotatable bonds is 9. The van der Waals surface area contributed by atoms with Crippen molar-refractivity contribution in [2.24, 2.45) is 0 Å². The number of methoxy groups -OCH3 is 1. The third-order valence-electron chi connectivity index (χ3n) is 6.02. The number of carbonyl (C=O) groups excluding carboxylic acids is 1. The van der Waals surface area contributed by atoms with Gasteiger partial charge in [0.15, 0.2) is 10.7 Å². The molecule has 3 heterocycles. The SMILES string of the molecule is CCOC(=O)c1cnc2c(cnn2-c2ccccc2)c1NCc1cccnc1S(=O)(=O)c1ccc(OC)cc1. The van der Waals surface area contributed by atoms with E-state index in [-0.39, 0.29) is 28.6 Å². The van der Waals surface area contributed by atoms with Crippen LogP contribution in [0.3, 0.4) is 0 Å². The second-order valence-electron chi connectivity index (χ2n) is 8.40. The Balaban J connectivity index is 1.55. The van der Waals surface area contributed by atoms with E-state index < -0.39 is 15.8 Å². The van der Waals surface area contributed by atoms with Gasteiger partial charge in [0.1, 0.15) is 11.3 Å². The van der Waals surface area contributed by atoms with E-state index in [1.165, 1.54) is 31.6 Å². The lowest BCUT2D eigenvalue weighted by atomic mass is 10.1. The Morgan fingerprint density at radius 1 is 0.974 bits per heavy atom. The van der Waals surface area contributed by atoms with E-state index in [1.54, 1.807) is 42.1 Å². The van der Waals surface area contributed by atoms with E-state index in [4.69, 9.17) is 9.47 Å². The number of hydrogen-bond donors (Lipinski definition) is 1. The van der Waals surface area contributed by atoms with Gasteiger partial charge in [0, 0.05) is 24.5 Å². The van der Waals surface area contributed by atoms with Gasteiger partial charge < -0.3 is 14.8 Å². The number of pyridine rings is 2. The van der Waals surface area contributed by atoms with Crippen molar-refractivity contribution in [1.82, 2.24) is 19.7 Å². The number of anilines is 1. The normalized spacial score (nSPS) is 11.3. The number of hydrogen-bond acceptors (Lipinski definition) is 9. The van der Waals surface area contributed by atoms with Gasteiger partial charge in [0.25, 0.3) is 0 Å². The lowest BCUT2D eigenvalue weighted by molar-refractivity contribution is 0.0527. The number of carbonyl (C=O) groups is 1. The number of aromatic nitrogens is 4. The standard InChI is InChI=1S/C28H25N5O5S/c1-3-38-28(34)24-17-31-26-23(18-32-33(26)20-9-5-4-6-10-20)25(24)30-16-19-8-7-15-29-27(19)39(35,36)22-13-11-21(37-2)12-14-22/h4-15,17-18H,3,16H2,1-2H3,(H,30,31). The highest BCUT2D eigenvalue weighted by molar-refractivity contribution is 7.91. The lowest BCUT2D eigenvalue weighted by Crippen LogP contribution is -2.14. The van der Waals surface area contributed by atoms with Crippen LogP contribution in [0.1, 0.15) is 22.8 Å². The van der Waals surface area contributed by atoms with Crippen LogP contribution < -0.4 is 10.1 Å². The fourth-order valence-electron chi connectivity index (χ4n) is 4.14. The molecule has 1 N–H and O–H groups in total. The summed E-state index contributed by atoms with van der Waals surface area (Å²) < 4.78 is 39.0. The number of benzene rings is 2. The molecule has 10 nitrogen and oxygen atoms in total. The molecule has 39 heavy (non-hydrogen) atoms. The van der Waals surface area contributed by atoms with Crippen LogP contribution in [0.4, 0.5) is 5.69 Å². The lowest BCUT2D eigenvalue weighted by Gasteiger charge is -2.15.